The molecule has 5 nitrogen and oxygen atoms in total. The monoisotopic (exact) mass is 435 g/mol. The molecule has 1 aromatic carbocycles. The van der Waals surface area contributed by atoms with Gasteiger partial charge in [0, 0.05) is 18.8 Å². The molecule has 2 aliphatic heterocycles. The predicted octanol–water partition coefficient (Wildman–Crippen LogP) is 4.71. The summed E-state index contributed by atoms with van der Waals surface area (Å²) in [5, 5.41) is 0. The van der Waals surface area contributed by atoms with E-state index < -0.39 is 0 Å². The van der Waals surface area contributed by atoms with Crippen molar-refractivity contribution in [3.05, 3.63) is 59.9 Å². The summed E-state index contributed by atoms with van der Waals surface area (Å²) in [5.41, 5.74) is 2.15. The van der Waals surface area contributed by atoms with Gasteiger partial charge in [0.25, 0.3) is 0 Å². The molecule has 0 bridgehead atoms. The van der Waals surface area contributed by atoms with Crippen molar-refractivity contribution < 1.29 is 9.53 Å². The summed E-state index contributed by atoms with van der Waals surface area (Å²) in [6.45, 7) is 8.21. The predicted molar refractivity (Wildman–Crippen MR) is 128 cm³/mol. The zero-order chi connectivity index (χ0) is 22.4. The van der Waals surface area contributed by atoms with Gasteiger partial charge in [0.2, 0.25) is 5.91 Å². The highest BCUT2D eigenvalue weighted by molar-refractivity contribution is 5.83. The van der Waals surface area contributed by atoms with Crippen LogP contribution in [0.25, 0.3) is 0 Å². The Bertz CT molecular complexity index is 875. The first-order valence-corrected chi connectivity index (χ1v) is 12.2. The number of amides is 1. The standard InChI is InChI=1S/C27H37N3O2/c1-22(2)30-19-20-32-25-12-4-3-9-23(25)10-5-7-13-27(26(30)31)14-17-29(18-15-27)21-24-11-6-8-16-28-24/h3-4,6,8-9,11-12,16,22H,5,7,10,13-15,17-21H2,1-2H3. The molecule has 2 aliphatic rings. The van der Waals surface area contributed by atoms with Crippen LogP contribution in [-0.4, -0.2) is 53.0 Å². The van der Waals surface area contributed by atoms with Gasteiger partial charge in [-0.05, 0) is 82.8 Å². The van der Waals surface area contributed by atoms with Gasteiger partial charge in [0.05, 0.1) is 17.7 Å². The van der Waals surface area contributed by atoms with Crippen molar-refractivity contribution in [3.8, 4) is 5.75 Å². The van der Waals surface area contributed by atoms with E-state index in [9.17, 15) is 4.79 Å². The number of carbonyl (C=O) groups is 1. The minimum atomic E-state index is -0.246. The second-order valence-corrected chi connectivity index (χ2v) is 9.63. The third-order valence-corrected chi connectivity index (χ3v) is 7.18. The number of para-hydroxylation sites is 1. The van der Waals surface area contributed by atoms with E-state index in [0.29, 0.717) is 19.1 Å². The van der Waals surface area contributed by atoms with Crippen LogP contribution in [0.1, 0.15) is 57.2 Å². The van der Waals surface area contributed by atoms with Gasteiger partial charge in [-0.15, -0.1) is 0 Å². The van der Waals surface area contributed by atoms with Crippen LogP contribution in [0.3, 0.4) is 0 Å². The first-order valence-electron chi connectivity index (χ1n) is 12.2. The Morgan fingerprint density at radius 1 is 1.00 bits per heavy atom. The molecule has 1 amide bonds. The number of rotatable bonds is 3. The molecule has 1 saturated heterocycles. The third kappa shape index (κ3) is 5.32. The molecule has 0 N–H and O–H groups in total. The maximum absolute atomic E-state index is 13.9. The van der Waals surface area contributed by atoms with E-state index in [4.69, 9.17) is 4.74 Å². The molecular weight excluding hydrogens is 398 g/mol. The van der Waals surface area contributed by atoms with Crippen LogP contribution in [-0.2, 0) is 17.8 Å². The van der Waals surface area contributed by atoms with Crippen molar-refractivity contribution in [1.82, 2.24) is 14.8 Å². The number of hydrogen-bond donors (Lipinski definition) is 0. The Kier molecular flexibility index (Phi) is 7.46. The van der Waals surface area contributed by atoms with Gasteiger partial charge in [-0.2, -0.15) is 0 Å². The number of hydrogen-bond acceptors (Lipinski definition) is 4. The van der Waals surface area contributed by atoms with Gasteiger partial charge < -0.3 is 9.64 Å². The van der Waals surface area contributed by atoms with Gasteiger partial charge in [-0.25, -0.2) is 0 Å². The Hall–Kier alpha value is -2.40. The summed E-state index contributed by atoms with van der Waals surface area (Å²) < 4.78 is 6.14. The van der Waals surface area contributed by atoms with Crippen molar-refractivity contribution >= 4 is 5.91 Å². The van der Waals surface area contributed by atoms with E-state index in [0.717, 1.165) is 69.6 Å². The van der Waals surface area contributed by atoms with Crippen LogP contribution in [0.4, 0.5) is 0 Å². The lowest BCUT2D eigenvalue weighted by Crippen LogP contribution is -2.53. The van der Waals surface area contributed by atoms with Gasteiger partial charge in [0.1, 0.15) is 12.4 Å². The van der Waals surface area contributed by atoms with Gasteiger partial charge in [-0.3, -0.25) is 14.7 Å². The summed E-state index contributed by atoms with van der Waals surface area (Å²) in [4.78, 5) is 22.9. The summed E-state index contributed by atoms with van der Waals surface area (Å²) in [7, 11) is 0. The molecule has 0 radical (unpaired) electrons. The number of aromatic nitrogens is 1. The zero-order valence-corrected chi connectivity index (χ0v) is 19.6. The summed E-state index contributed by atoms with van der Waals surface area (Å²) >= 11 is 0. The maximum atomic E-state index is 13.9. The highest BCUT2D eigenvalue weighted by Crippen LogP contribution is 2.40. The highest BCUT2D eigenvalue weighted by Gasteiger charge is 2.43. The molecule has 0 aliphatic carbocycles. The van der Waals surface area contributed by atoms with Crippen LogP contribution >= 0.6 is 0 Å². The van der Waals surface area contributed by atoms with E-state index in [2.05, 4.69) is 52.9 Å². The smallest absolute Gasteiger partial charge is 0.229 e. The quantitative estimate of drug-likeness (QED) is 0.701. The fraction of sp³-hybridized carbons (Fsp3) is 0.556. The lowest BCUT2D eigenvalue weighted by Gasteiger charge is -2.44. The van der Waals surface area contributed by atoms with Crippen molar-refractivity contribution in [3.63, 3.8) is 0 Å². The summed E-state index contributed by atoms with van der Waals surface area (Å²) in [6, 6.07) is 14.6. The van der Waals surface area contributed by atoms with Gasteiger partial charge in [0.15, 0.2) is 0 Å². The van der Waals surface area contributed by atoms with E-state index in [1.807, 2.05) is 24.4 Å². The van der Waals surface area contributed by atoms with Gasteiger partial charge in [-0.1, -0.05) is 30.7 Å². The zero-order valence-electron chi connectivity index (χ0n) is 19.6. The number of ether oxygens (including phenoxy) is 1. The van der Waals surface area contributed by atoms with E-state index in [-0.39, 0.29) is 11.5 Å². The minimum absolute atomic E-state index is 0.174. The molecule has 1 fully saturated rings. The lowest BCUT2D eigenvalue weighted by atomic mass is 9.72. The third-order valence-electron chi connectivity index (χ3n) is 7.18. The average Bonchev–Trinajstić information content (AvgIpc) is 2.81. The number of fused-ring (bicyclic) bond motifs is 1. The summed E-state index contributed by atoms with van der Waals surface area (Å²) in [6.07, 6.45) is 7.88. The number of carbonyl (C=O) groups excluding carboxylic acids is 1. The molecule has 2 aromatic rings. The number of pyridine rings is 1. The van der Waals surface area contributed by atoms with E-state index in [1.165, 1.54) is 5.56 Å². The molecule has 32 heavy (non-hydrogen) atoms. The molecule has 4 rings (SSSR count). The molecule has 5 heteroatoms. The Labute approximate surface area is 192 Å². The van der Waals surface area contributed by atoms with Crippen molar-refractivity contribution in [2.45, 2.75) is 65.0 Å². The van der Waals surface area contributed by atoms with Gasteiger partial charge >= 0.3 is 0 Å². The molecule has 172 valence electrons. The number of likely N-dealkylation sites (tertiary alicyclic amines) is 1. The Morgan fingerprint density at radius 2 is 1.78 bits per heavy atom. The molecule has 1 aromatic heterocycles. The fourth-order valence-corrected chi connectivity index (χ4v) is 5.21. The maximum Gasteiger partial charge on any atom is 0.229 e. The fourth-order valence-electron chi connectivity index (χ4n) is 5.21. The van der Waals surface area contributed by atoms with Crippen molar-refractivity contribution in [2.75, 3.05) is 26.2 Å². The van der Waals surface area contributed by atoms with Crippen LogP contribution < -0.4 is 4.74 Å². The number of benzene rings is 1. The van der Waals surface area contributed by atoms with E-state index >= 15 is 0 Å². The normalized spacial score (nSPS) is 20.3. The molecule has 0 atom stereocenters. The first kappa shape index (κ1) is 22.8. The second kappa shape index (κ2) is 10.5. The molecule has 3 heterocycles. The first-order chi connectivity index (χ1) is 15.6. The van der Waals surface area contributed by atoms with Crippen LogP contribution in [0.2, 0.25) is 0 Å². The molecule has 0 saturated carbocycles. The minimum Gasteiger partial charge on any atom is -0.491 e. The van der Waals surface area contributed by atoms with Crippen LogP contribution in [0.5, 0.6) is 5.75 Å². The number of nitrogens with zero attached hydrogens (tertiary/aromatic N) is 3. The largest absolute Gasteiger partial charge is 0.491 e. The number of aryl methyl sites for hydroxylation is 1. The van der Waals surface area contributed by atoms with Crippen LogP contribution in [0, 0.1) is 5.41 Å². The topological polar surface area (TPSA) is 45.7 Å². The van der Waals surface area contributed by atoms with Crippen LogP contribution in [0.15, 0.2) is 48.7 Å². The Balaban J connectivity index is 1.49. The molecule has 0 unspecified atom stereocenters. The number of piperidine rings is 1. The van der Waals surface area contributed by atoms with Crippen molar-refractivity contribution in [2.24, 2.45) is 5.41 Å². The highest BCUT2D eigenvalue weighted by atomic mass is 16.5. The van der Waals surface area contributed by atoms with E-state index in [1.54, 1.807) is 0 Å². The summed E-state index contributed by atoms with van der Waals surface area (Å²) in [5.74, 6) is 1.31. The van der Waals surface area contributed by atoms with Crippen molar-refractivity contribution in [1.29, 1.82) is 0 Å². The molecular formula is C27H37N3O2. The SMILES string of the molecule is CC(C)N1CCOc2ccccc2CCCCC2(CCN(Cc3ccccn3)CC2)C1=O. The lowest BCUT2D eigenvalue weighted by molar-refractivity contribution is -0.148. The molecule has 1 spiro atoms. The Morgan fingerprint density at radius 3 is 2.53 bits per heavy atom. The second-order valence-electron chi connectivity index (χ2n) is 9.63. The average molecular weight is 436 g/mol.